The third-order valence-electron chi connectivity index (χ3n) is 9.77. The molecule has 38 heavy (non-hydrogen) atoms. The third kappa shape index (κ3) is 4.49. The molecule has 3 aliphatic rings. The first-order valence-electron chi connectivity index (χ1n) is 15.0. The molecule has 2 bridgehead atoms. The van der Waals surface area contributed by atoms with E-state index in [4.69, 9.17) is 0 Å². The van der Waals surface area contributed by atoms with Crippen molar-refractivity contribution < 1.29 is 4.79 Å². The van der Waals surface area contributed by atoms with E-state index in [-0.39, 0.29) is 0 Å². The molecule has 1 N–H and O–H groups in total. The highest BCUT2D eigenvalue weighted by molar-refractivity contribution is 5.95. The fraction of sp³-hybridized carbons (Fsp3) is 0.559. The fourth-order valence-corrected chi connectivity index (χ4v) is 7.77. The van der Waals surface area contributed by atoms with Crippen LogP contribution >= 0.6 is 0 Å². The minimum Gasteiger partial charge on any atom is -0.354 e. The Morgan fingerprint density at radius 2 is 1.58 bits per heavy atom. The molecule has 3 aliphatic heterocycles. The van der Waals surface area contributed by atoms with Crippen molar-refractivity contribution in [3.63, 3.8) is 0 Å². The van der Waals surface area contributed by atoms with Crippen molar-refractivity contribution in [1.82, 2.24) is 14.8 Å². The van der Waals surface area contributed by atoms with Gasteiger partial charge in [0.25, 0.3) is 0 Å². The van der Waals surface area contributed by atoms with Crippen molar-refractivity contribution in [3.05, 3.63) is 58.7 Å². The van der Waals surface area contributed by atoms with Crippen LogP contribution in [0.1, 0.15) is 93.9 Å². The van der Waals surface area contributed by atoms with E-state index in [0.29, 0.717) is 23.9 Å². The molecule has 0 saturated carbocycles. The summed E-state index contributed by atoms with van der Waals surface area (Å²) in [6, 6.07) is 14.5. The summed E-state index contributed by atoms with van der Waals surface area (Å²) < 4.78 is 0. The number of carbonyl (C=O) groups excluding carboxylic acids is 1. The molecule has 0 aliphatic carbocycles. The Morgan fingerprint density at radius 3 is 2.21 bits per heavy atom. The number of aromatic amines is 1. The van der Waals surface area contributed by atoms with Gasteiger partial charge < -0.3 is 14.8 Å². The standard InChI is InChI=1S/C34H45N3O/c1-22-17-23(2)19-25(18-22)32-31(24(3)21-36-15-7-6-8-16-36)29-20-26(9-14-30(29)35-32)34(4,5)33(38)37-27-10-11-28(37)13-12-27/h9,14,17-20,24,27-28,35H,6-8,10-13,15-16,21H2,1-5H3/t24-,27?,28?/m1/s1. The number of likely N-dealkylation sites (tertiary alicyclic amines) is 1. The van der Waals surface area contributed by atoms with Crippen LogP contribution in [0.4, 0.5) is 0 Å². The molecule has 1 amide bonds. The van der Waals surface area contributed by atoms with Crippen molar-refractivity contribution in [1.29, 1.82) is 0 Å². The average molecular weight is 512 g/mol. The lowest BCUT2D eigenvalue weighted by Gasteiger charge is -2.33. The van der Waals surface area contributed by atoms with E-state index in [9.17, 15) is 4.79 Å². The molecule has 2 aromatic carbocycles. The normalized spacial score (nSPS) is 22.9. The molecule has 3 saturated heterocycles. The maximum atomic E-state index is 14.0. The summed E-state index contributed by atoms with van der Waals surface area (Å²) in [7, 11) is 0. The molecule has 3 fully saturated rings. The Hall–Kier alpha value is -2.59. The minimum absolute atomic E-state index is 0.315. The van der Waals surface area contributed by atoms with E-state index in [0.717, 1.165) is 12.1 Å². The van der Waals surface area contributed by atoms with Gasteiger partial charge in [-0.2, -0.15) is 0 Å². The molecule has 3 aromatic rings. The zero-order chi connectivity index (χ0) is 26.6. The molecule has 0 spiro atoms. The second-order valence-electron chi connectivity index (χ2n) is 13.1. The first-order valence-corrected chi connectivity index (χ1v) is 15.0. The number of rotatable bonds is 6. The maximum Gasteiger partial charge on any atom is 0.233 e. The summed E-state index contributed by atoms with van der Waals surface area (Å²) in [4.78, 5) is 22.7. The van der Waals surface area contributed by atoms with Crippen molar-refractivity contribution >= 4 is 16.8 Å². The van der Waals surface area contributed by atoms with Crippen LogP contribution in [0.2, 0.25) is 0 Å². The zero-order valence-electron chi connectivity index (χ0n) is 24.1. The zero-order valence-corrected chi connectivity index (χ0v) is 24.1. The van der Waals surface area contributed by atoms with Gasteiger partial charge in [0.05, 0.1) is 11.1 Å². The summed E-state index contributed by atoms with van der Waals surface area (Å²) in [6.07, 6.45) is 8.70. The second-order valence-corrected chi connectivity index (χ2v) is 13.1. The number of carbonyl (C=O) groups is 1. The predicted molar refractivity (Wildman–Crippen MR) is 158 cm³/mol. The van der Waals surface area contributed by atoms with Crippen LogP contribution in [-0.4, -0.2) is 52.4 Å². The van der Waals surface area contributed by atoms with E-state index in [1.165, 1.54) is 96.9 Å². The van der Waals surface area contributed by atoms with Crippen LogP contribution in [-0.2, 0) is 10.2 Å². The number of nitrogens with zero attached hydrogens (tertiary/aromatic N) is 2. The molecule has 0 radical (unpaired) electrons. The Kier molecular flexibility index (Phi) is 6.66. The Morgan fingerprint density at radius 1 is 0.947 bits per heavy atom. The quantitative estimate of drug-likeness (QED) is 0.373. The van der Waals surface area contributed by atoms with Gasteiger partial charge in [0.15, 0.2) is 0 Å². The van der Waals surface area contributed by atoms with E-state index in [1.807, 2.05) is 0 Å². The van der Waals surface area contributed by atoms with E-state index in [1.54, 1.807) is 0 Å². The van der Waals surface area contributed by atoms with Crippen molar-refractivity contribution in [2.75, 3.05) is 19.6 Å². The van der Waals surface area contributed by atoms with Crippen LogP contribution in [0.25, 0.3) is 22.2 Å². The van der Waals surface area contributed by atoms with Crippen LogP contribution < -0.4 is 0 Å². The number of benzene rings is 2. The number of nitrogens with one attached hydrogen (secondary N) is 1. The topological polar surface area (TPSA) is 39.3 Å². The van der Waals surface area contributed by atoms with Gasteiger partial charge >= 0.3 is 0 Å². The van der Waals surface area contributed by atoms with E-state index >= 15 is 0 Å². The van der Waals surface area contributed by atoms with Gasteiger partial charge in [-0.1, -0.05) is 36.6 Å². The lowest BCUT2D eigenvalue weighted by molar-refractivity contribution is -0.137. The molecule has 202 valence electrons. The molecule has 4 heteroatoms. The number of aromatic nitrogens is 1. The van der Waals surface area contributed by atoms with Gasteiger partial charge in [0.2, 0.25) is 5.91 Å². The van der Waals surface area contributed by atoms with Crippen LogP contribution in [0.15, 0.2) is 36.4 Å². The number of aryl methyl sites for hydroxylation is 2. The first-order chi connectivity index (χ1) is 18.2. The summed E-state index contributed by atoms with van der Waals surface area (Å²) in [6.45, 7) is 14.5. The fourth-order valence-electron chi connectivity index (χ4n) is 7.77. The van der Waals surface area contributed by atoms with Gasteiger partial charge in [-0.25, -0.2) is 0 Å². The number of hydrogen-bond donors (Lipinski definition) is 1. The van der Waals surface area contributed by atoms with E-state index in [2.05, 4.69) is 85.8 Å². The molecule has 4 heterocycles. The molecule has 1 aromatic heterocycles. The molecule has 1 atom stereocenters. The summed E-state index contributed by atoms with van der Waals surface area (Å²) in [5.74, 6) is 0.705. The van der Waals surface area contributed by atoms with Gasteiger partial charge in [0, 0.05) is 29.5 Å². The number of fused-ring (bicyclic) bond motifs is 3. The lowest BCUT2D eigenvalue weighted by Crippen LogP contribution is -2.45. The number of H-pyrrole nitrogens is 1. The maximum absolute atomic E-state index is 14.0. The van der Waals surface area contributed by atoms with Crippen molar-refractivity contribution in [3.8, 4) is 11.3 Å². The summed E-state index contributed by atoms with van der Waals surface area (Å²) in [5.41, 5.74) is 8.28. The second kappa shape index (κ2) is 9.86. The van der Waals surface area contributed by atoms with Gasteiger partial charge in [0.1, 0.15) is 0 Å². The number of piperidine rings is 1. The first kappa shape index (κ1) is 25.7. The van der Waals surface area contributed by atoms with Gasteiger partial charge in [-0.05, 0) is 126 Å². The molecule has 6 rings (SSSR count). The Balaban J connectivity index is 1.43. The lowest BCUT2D eigenvalue weighted by atomic mass is 9.81. The largest absolute Gasteiger partial charge is 0.354 e. The van der Waals surface area contributed by atoms with Gasteiger partial charge in [-0.15, -0.1) is 0 Å². The monoisotopic (exact) mass is 511 g/mol. The van der Waals surface area contributed by atoms with Crippen molar-refractivity contribution in [2.24, 2.45) is 0 Å². The number of hydrogen-bond acceptors (Lipinski definition) is 2. The molecule has 0 unspecified atom stereocenters. The van der Waals surface area contributed by atoms with Crippen LogP contribution in [0, 0.1) is 13.8 Å². The molecular formula is C34H45N3O. The SMILES string of the molecule is Cc1cc(C)cc(-c2[nH]c3ccc(C(C)(C)C(=O)N4C5CCC4CC5)cc3c2[C@H](C)CN2CCCCC2)c1. The Labute approximate surface area is 228 Å². The van der Waals surface area contributed by atoms with Crippen LogP contribution in [0.5, 0.6) is 0 Å². The van der Waals surface area contributed by atoms with Gasteiger partial charge in [-0.3, -0.25) is 4.79 Å². The highest BCUT2D eigenvalue weighted by Gasteiger charge is 2.47. The Bertz CT molecular complexity index is 1310. The summed E-state index contributed by atoms with van der Waals surface area (Å²) in [5, 5.41) is 1.28. The average Bonchev–Trinajstić information content (AvgIpc) is 3.60. The smallest absolute Gasteiger partial charge is 0.233 e. The van der Waals surface area contributed by atoms with E-state index < -0.39 is 5.41 Å². The minimum atomic E-state index is -0.538. The summed E-state index contributed by atoms with van der Waals surface area (Å²) >= 11 is 0. The third-order valence-corrected chi connectivity index (χ3v) is 9.77. The number of amides is 1. The highest BCUT2D eigenvalue weighted by atomic mass is 16.2. The molecular weight excluding hydrogens is 466 g/mol. The van der Waals surface area contributed by atoms with Crippen molar-refractivity contribution in [2.45, 2.75) is 103 Å². The predicted octanol–water partition coefficient (Wildman–Crippen LogP) is 7.47. The highest BCUT2D eigenvalue weighted by Crippen LogP contribution is 2.43. The van der Waals surface area contributed by atoms with Crippen LogP contribution in [0.3, 0.4) is 0 Å². The molecule has 4 nitrogen and oxygen atoms in total.